The first kappa shape index (κ1) is 11.3. The average Bonchev–Trinajstić information content (AvgIpc) is 2.69. The Kier molecular flexibility index (Phi) is 3.01. The molecule has 1 fully saturated rings. The molecule has 2 rings (SSSR count). The third kappa shape index (κ3) is 2.89. The van der Waals surface area contributed by atoms with Gasteiger partial charge in [0.1, 0.15) is 10.2 Å². The highest BCUT2D eigenvalue weighted by Gasteiger charge is 2.51. The Morgan fingerprint density at radius 3 is 2.80 bits per heavy atom. The second-order valence-electron chi connectivity index (χ2n) is 3.69. The lowest BCUT2D eigenvalue weighted by atomic mass is 10.4. The summed E-state index contributed by atoms with van der Waals surface area (Å²) < 4.78 is -0.525. The van der Waals surface area contributed by atoms with Gasteiger partial charge in [0.15, 0.2) is 5.16 Å². The van der Waals surface area contributed by atoms with Crippen LogP contribution in [0.3, 0.4) is 0 Å². The number of nitrogens with zero attached hydrogens (tertiary/aromatic N) is 2. The van der Waals surface area contributed by atoms with Crippen LogP contribution in [-0.4, -0.2) is 20.1 Å². The van der Waals surface area contributed by atoms with Crippen LogP contribution in [0.15, 0.2) is 11.2 Å². The summed E-state index contributed by atoms with van der Waals surface area (Å²) in [6.07, 6.45) is 0.852. The third-order valence-corrected chi connectivity index (χ3v) is 4.16. The summed E-state index contributed by atoms with van der Waals surface area (Å²) >= 11 is 13.4. The number of halogens is 2. The number of rotatable bonds is 3. The number of thioether (sulfide) groups is 1. The number of aromatic nitrogens is 2. The monoisotopic (exact) mass is 263 g/mol. The van der Waals surface area contributed by atoms with Gasteiger partial charge in [0.25, 0.3) is 0 Å². The summed E-state index contributed by atoms with van der Waals surface area (Å²) in [4.78, 5) is 8.39. The predicted molar refractivity (Wildman–Crippen MR) is 64.4 cm³/mol. The maximum Gasteiger partial charge on any atom is 0.189 e. The fourth-order valence-electron chi connectivity index (χ4n) is 1.25. The first-order chi connectivity index (χ1) is 6.97. The Morgan fingerprint density at radius 1 is 1.60 bits per heavy atom. The molecule has 1 aliphatic carbocycles. The van der Waals surface area contributed by atoms with Gasteiger partial charge in [-0.05, 0) is 13.3 Å². The SMILES string of the molecule is Cc1cc(N)nc(SCC2CC2(Cl)Cl)n1. The molecule has 1 unspecified atom stereocenters. The van der Waals surface area contributed by atoms with Crippen LogP contribution in [-0.2, 0) is 0 Å². The lowest BCUT2D eigenvalue weighted by Crippen LogP contribution is -1.99. The predicted octanol–water partition coefficient (Wildman–Crippen LogP) is 2.65. The smallest absolute Gasteiger partial charge is 0.189 e. The average molecular weight is 264 g/mol. The fraction of sp³-hybridized carbons (Fsp3) is 0.556. The first-order valence-electron chi connectivity index (χ1n) is 4.59. The molecule has 6 heteroatoms. The topological polar surface area (TPSA) is 51.8 Å². The van der Waals surface area contributed by atoms with Gasteiger partial charge in [0.05, 0.1) is 0 Å². The number of aryl methyl sites for hydroxylation is 1. The van der Waals surface area contributed by atoms with Gasteiger partial charge >= 0.3 is 0 Å². The summed E-state index contributed by atoms with van der Waals surface area (Å²) in [5, 5.41) is 0.698. The minimum absolute atomic E-state index is 0.344. The second kappa shape index (κ2) is 4.00. The Bertz CT molecular complexity index is 363. The van der Waals surface area contributed by atoms with Crippen molar-refractivity contribution in [1.82, 2.24) is 9.97 Å². The van der Waals surface area contributed by atoms with Crippen molar-refractivity contribution in [3.05, 3.63) is 11.8 Å². The van der Waals surface area contributed by atoms with Crippen LogP contribution < -0.4 is 5.73 Å². The Morgan fingerprint density at radius 2 is 2.27 bits per heavy atom. The minimum Gasteiger partial charge on any atom is -0.384 e. The van der Waals surface area contributed by atoms with E-state index >= 15 is 0 Å². The quantitative estimate of drug-likeness (QED) is 0.518. The van der Waals surface area contributed by atoms with Crippen LogP contribution in [0, 0.1) is 12.8 Å². The van der Waals surface area contributed by atoms with E-state index in [1.54, 1.807) is 17.8 Å². The van der Waals surface area contributed by atoms with Crippen molar-refractivity contribution in [2.45, 2.75) is 22.8 Å². The molecule has 0 saturated heterocycles. The number of nitrogens with two attached hydrogens (primary N) is 1. The van der Waals surface area contributed by atoms with Gasteiger partial charge in [0, 0.05) is 23.4 Å². The van der Waals surface area contributed by atoms with Crippen molar-refractivity contribution in [1.29, 1.82) is 0 Å². The summed E-state index contributed by atoms with van der Waals surface area (Å²) in [5.74, 6) is 1.69. The molecule has 15 heavy (non-hydrogen) atoms. The zero-order valence-corrected chi connectivity index (χ0v) is 10.5. The highest BCUT2D eigenvalue weighted by atomic mass is 35.5. The molecule has 82 valence electrons. The molecule has 0 spiro atoms. The van der Waals surface area contributed by atoms with Gasteiger partial charge in [0.2, 0.25) is 0 Å². The molecule has 3 nitrogen and oxygen atoms in total. The largest absolute Gasteiger partial charge is 0.384 e. The third-order valence-electron chi connectivity index (χ3n) is 2.22. The van der Waals surface area contributed by atoms with E-state index in [1.807, 2.05) is 6.92 Å². The molecule has 1 heterocycles. The number of hydrogen-bond acceptors (Lipinski definition) is 4. The molecule has 1 aliphatic rings. The molecular formula is C9H11Cl2N3S. The Labute approximate surface area is 103 Å². The molecule has 1 aromatic rings. The van der Waals surface area contributed by atoms with Gasteiger partial charge in [-0.3, -0.25) is 0 Å². The molecule has 2 N–H and O–H groups in total. The normalized spacial score (nSPS) is 22.7. The van der Waals surface area contributed by atoms with E-state index < -0.39 is 4.33 Å². The minimum atomic E-state index is -0.525. The van der Waals surface area contributed by atoms with E-state index in [0.29, 0.717) is 16.9 Å². The molecule has 0 bridgehead atoms. The van der Waals surface area contributed by atoms with Crippen LogP contribution in [0.1, 0.15) is 12.1 Å². The zero-order chi connectivity index (χ0) is 11.1. The van der Waals surface area contributed by atoms with Crippen LogP contribution >= 0.6 is 35.0 Å². The van der Waals surface area contributed by atoms with Crippen LogP contribution in [0.5, 0.6) is 0 Å². The highest BCUT2D eigenvalue weighted by molar-refractivity contribution is 7.99. The van der Waals surface area contributed by atoms with Crippen LogP contribution in [0.25, 0.3) is 0 Å². The Hall–Kier alpha value is -0.190. The van der Waals surface area contributed by atoms with Crippen molar-refractivity contribution >= 4 is 40.8 Å². The number of hydrogen-bond donors (Lipinski definition) is 1. The summed E-state index contributed by atoms with van der Waals surface area (Å²) in [5.41, 5.74) is 6.50. The van der Waals surface area contributed by atoms with E-state index in [2.05, 4.69) is 9.97 Å². The molecule has 1 saturated carbocycles. The molecule has 0 aromatic carbocycles. The maximum atomic E-state index is 5.92. The van der Waals surface area contributed by atoms with E-state index in [9.17, 15) is 0 Å². The maximum absolute atomic E-state index is 5.92. The lowest BCUT2D eigenvalue weighted by Gasteiger charge is -2.02. The van der Waals surface area contributed by atoms with Crippen molar-refractivity contribution in [3.8, 4) is 0 Å². The molecule has 0 aliphatic heterocycles. The van der Waals surface area contributed by atoms with Gasteiger partial charge in [-0.15, -0.1) is 23.2 Å². The van der Waals surface area contributed by atoms with Crippen molar-refractivity contribution in [3.63, 3.8) is 0 Å². The van der Waals surface area contributed by atoms with Gasteiger partial charge < -0.3 is 5.73 Å². The fourth-order valence-corrected chi connectivity index (χ4v) is 3.10. The summed E-state index contributed by atoms with van der Waals surface area (Å²) in [7, 11) is 0. The molecular weight excluding hydrogens is 253 g/mol. The van der Waals surface area contributed by atoms with E-state index in [1.165, 1.54) is 0 Å². The van der Waals surface area contributed by atoms with Crippen LogP contribution in [0.4, 0.5) is 5.82 Å². The van der Waals surface area contributed by atoms with E-state index in [4.69, 9.17) is 28.9 Å². The lowest BCUT2D eigenvalue weighted by molar-refractivity contribution is 0.923. The number of anilines is 1. The van der Waals surface area contributed by atoms with Gasteiger partial charge in [-0.2, -0.15) is 0 Å². The molecule has 1 aromatic heterocycles. The van der Waals surface area contributed by atoms with Crippen LogP contribution in [0.2, 0.25) is 0 Å². The van der Waals surface area contributed by atoms with Gasteiger partial charge in [-0.1, -0.05) is 11.8 Å². The number of nitrogen functional groups attached to an aromatic ring is 1. The van der Waals surface area contributed by atoms with Gasteiger partial charge in [-0.25, -0.2) is 9.97 Å². The molecule has 0 radical (unpaired) electrons. The molecule has 1 atom stereocenters. The summed E-state index contributed by atoms with van der Waals surface area (Å²) in [6.45, 7) is 1.90. The highest BCUT2D eigenvalue weighted by Crippen LogP contribution is 2.54. The Balaban J connectivity index is 1.94. The van der Waals surface area contributed by atoms with Crippen molar-refractivity contribution < 1.29 is 0 Å². The van der Waals surface area contributed by atoms with E-state index in [0.717, 1.165) is 17.9 Å². The second-order valence-corrected chi connectivity index (χ2v) is 6.22. The van der Waals surface area contributed by atoms with Crippen molar-refractivity contribution in [2.75, 3.05) is 11.5 Å². The number of alkyl halides is 2. The zero-order valence-electron chi connectivity index (χ0n) is 8.20. The standard InChI is InChI=1S/C9H11Cl2N3S/c1-5-2-7(12)14-8(13-5)15-4-6-3-9(6,10)11/h2,6H,3-4H2,1H3,(H2,12,13,14). The summed E-state index contributed by atoms with van der Waals surface area (Å²) in [6, 6.07) is 1.74. The first-order valence-corrected chi connectivity index (χ1v) is 6.33. The van der Waals surface area contributed by atoms with Crippen molar-refractivity contribution in [2.24, 2.45) is 5.92 Å². The van der Waals surface area contributed by atoms with E-state index in [-0.39, 0.29) is 0 Å². The molecule has 0 amide bonds.